The molecule has 3 aromatic carbocycles. The first kappa shape index (κ1) is 24.3. The first-order chi connectivity index (χ1) is 15.6. The van der Waals surface area contributed by atoms with Crippen LogP contribution in [0, 0.1) is 6.92 Å². The molecule has 0 aromatic heterocycles. The molecule has 0 saturated carbocycles. The highest BCUT2D eigenvalue weighted by molar-refractivity contribution is 7.92. The van der Waals surface area contributed by atoms with Crippen molar-refractivity contribution in [2.45, 2.75) is 11.8 Å². The van der Waals surface area contributed by atoms with Gasteiger partial charge in [0.15, 0.2) is 0 Å². The summed E-state index contributed by atoms with van der Waals surface area (Å²) in [4.78, 5) is 26.4. The first-order valence-electron chi connectivity index (χ1n) is 10.0. The molecule has 0 radical (unpaired) electrons. The number of benzene rings is 3. The SMILES string of the molecule is Cc1ccc(N(C)S(=O)(=O)c2cccc(C(=O)N(C)CC(=O)Nc3ccccc3Cl)c2)cc1. The van der Waals surface area contributed by atoms with Gasteiger partial charge in [-0.05, 0) is 49.4 Å². The zero-order chi connectivity index (χ0) is 24.2. The number of halogens is 1. The van der Waals surface area contributed by atoms with Gasteiger partial charge in [0.05, 0.1) is 27.8 Å². The van der Waals surface area contributed by atoms with E-state index in [1.807, 2.05) is 19.1 Å². The van der Waals surface area contributed by atoms with Crippen LogP contribution >= 0.6 is 11.6 Å². The van der Waals surface area contributed by atoms with Gasteiger partial charge in [-0.2, -0.15) is 0 Å². The van der Waals surface area contributed by atoms with E-state index in [1.165, 1.54) is 43.3 Å². The number of rotatable bonds is 7. The van der Waals surface area contributed by atoms with Crippen molar-refractivity contribution >= 4 is 44.8 Å². The summed E-state index contributed by atoms with van der Waals surface area (Å²) in [5.74, 6) is -0.916. The summed E-state index contributed by atoms with van der Waals surface area (Å²) in [6.07, 6.45) is 0. The van der Waals surface area contributed by atoms with E-state index in [0.717, 1.165) is 9.87 Å². The van der Waals surface area contributed by atoms with E-state index < -0.39 is 21.8 Å². The van der Waals surface area contributed by atoms with Crippen molar-refractivity contribution in [2.24, 2.45) is 0 Å². The Balaban J connectivity index is 1.75. The van der Waals surface area contributed by atoms with Gasteiger partial charge in [-0.15, -0.1) is 0 Å². The number of hydrogen-bond acceptors (Lipinski definition) is 4. The van der Waals surface area contributed by atoms with Crippen molar-refractivity contribution in [3.05, 3.63) is 88.9 Å². The molecule has 7 nitrogen and oxygen atoms in total. The second-order valence-electron chi connectivity index (χ2n) is 7.53. The maximum absolute atomic E-state index is 13.1. The van der Waals surface area contributed by atoms with Crippen molar-refractivity contribution in [3.8, 4) is 0 Å². The quantitative estimate of drug-likeness (QED) is 0.543. The molecule has 3 aromatic rings. The molecule has 0 bridgehead atoms. The summed E-state index contributed by atoms with van der Waals surface area (Å²) in [7, 11) is -0.962. The molecule has 2 amide bonds. The average molecular weight is 486 g/mol. The van der Waals surface area contributed by atoms with E-state index in [-0.39, 0.29) is 17.0 Å². The number of hydrogen-bond donors (Lipinski definition) is 1. The molecular weight excluding hydrogens is 462 g/mol. The van der Waals surface area contributed by atoms with Crippen LogP contribution in [0.4, 0.5) is 11.4 Å². The van der Waals surface area contributed by atoms with E-state index in [0.29, 0.717) is 16.4 Å². The highest BCUT2D eigenvalue weighted by Crippen LogP contribution is 2.24. The molecule has 9 heteroatoms. The van der Waals surface area contributed by atoms with E-state index in [2.05, 4.69) is 5.32 Å². The van der Waals surface area contributed by atoms with Gasteiger partial charge in [0.1, 0.15) is 0 Å². The minimum Gasteiger partial charge on any atom is -0.332 e. The molecule has 0 heterocycles. The molecule has 33 heavy (non-hydrogen) atoms. The van der Waals surface area contributed by atoms with Gasteiger partial charge < -0.3 is 10.2 Å². The molecule has 0 aliphatic rings. The molecule has 172 valence electrons. The fraction of sp³-hybridized carbons (Fsp3) is 0.167. The number of anilines is 2. The molecule has 0 aliphatic carbocycles. The summed E-state index contributed by atoms with van der Waals surface area (Å²) in [6.45, 7) is 1.68. The summed E-state index contributed by atoms with van der Waals surface area (Å²) >= 11 is 6.04. The van der Waals surface area contributed by atoms with E-state index >= 15 is 0 Å². The lowest BCUT2D eigenvalue weighted by molar-refractivity contribution is -0.116. The lowest BCUT2D eigenvalue weighted by Gasteiger charge is -2.21. The third kappa shape index (κ3) is 5.71. The second-order valence-corrected chi connectivity index (χ2v) is 9.90. The van der Waals surface area contributed by atoms with Crippen LogP contribution in [0.3, 0.4) is 0 Å². The summed E-state index contributed by atoms with van der Waals surface area (Å²) in [6, 6.07) is 19.6. The molecular formula is C24H24ClN3O4S. The zero-order valence-electron chi connectivity index (χ0n) is 18.4. The van der Waals surface area contributed by atoms with Crippen LogP contribution < -0.4 is 9.62 Å². The summed E-state index contributed by atoms with van der Waals surface area (Å²) in [5.41, 5.74) is 2.11. The highest BCUT2D eigenvalue weighted by atomic mass is 35.5. The van der Waals surface area contributed by atoms with E-state index in [1.54, 1.807) is 36.4 Å². The molecule has 0 unspecified atom stereocenters. The number of nitrogens with one attached hydrogen (secondary N) is 1. The maximum Gasteiger partial charge on any atom is 0.264 e. The van der Waals surface area contributed by atoms with E-state index in [9.17, 15) is 18.0 Å². The molecule has 0 atom stereocenters. The Morgan fingerprint density at radius 2 is 1.61 bits per heavy atom. The Bertz CT molecular complexity index is 1280. The molecule has 0 aliphatic heterocycles. The van der Waals surface area contributed by atoms with Crippen LogP contribution in [0.1, 0.15) is 15.9 Å². The third-order valence-corrected chi connectivity index (χ3v) is 7.12. The maximum atomic E-state index is 13.1. The number of amides is 2. The monoisotopic (exact) mass is 485 g/mol. The van der Waals surface area contributed by atoms with Gasteiger partial charge in [-0.3, -0.25) is 13.9 Å². The van der Waals surface area contributed by atoms with Crippen molar-refractivity contribution in [3.63, 3.8) is 0 Å². The van der Waals surface area contributed by atoms with Crippen molar-refractivity contribution < 1.29 is 18.0 Å². The Morgan fingerprint density at radius 1 is 0.939 bits per heavy atom. The standard InChI is InChI=1S/C24H24ClN3O4S/c1-17-11-13-19(14-12-17)28(3)33(31,32)20-8-6-7-18(15-20)24(30)27(2)16-23(29)26-22-10-5-4-9-21(22)25/h4-15H,16H2,1-3H3,(H,26,29). The van der Waals surface area contributed by atoms with E-state index in [4.69, 9.17) is 11.6 Å². The third-order valence-electron chi connectivity index (χ3n) is 5.01. The van der Waals surface area contributed by atoms with Crippen molar-refractivity contribution in [1.82, 2.24) is 4.90 Å². The van der Waals surface area contributed by atoms with Gasteiger partial charge >= 0.3 is 0 Å². The lowest BCUT2D eigenvalue weighted by atomic mass is 10.2. The van der Waals surface area contributed by atoms with Crippen LogP contribution in [0.15, 0.2) is 77.7 Å². The van der Waals surface area contributed by atoms with Crippen LogP contribution in [-0.2, 0) is 14.8 Å². The Morgan fingerprint density at radius 3 is 2.27 bits per heavy atom. The Kier molecular flexibility index (Phi) is 7.40. The zero-order valence-corrected chi connectivity index (χ0v) is 20.0. The van der Waals surface area contributed by atoms with Gasteiger partial charge in [0.25, 0.3) is 15.9 Å². The first-order valence-corrected chi connectivity index (χ1v) is 11.9. The van der Waals surface area contributed by atoms with Crippen LogP contribution in [0.5, 0.6) is 0 Å². The molecule has 3 rings (SSSR count). The van der Waals surface area contributed by atoms with Crippen LogP contribution in [0.25, 0.3) is 0 Å². The summed E-state index contributed by atoms with van der Waals surface area (Å²) < 4.78 is 27.4. The van der Waals surface area contributed by atoms with Crippen LogP contribution in [0.2, 0.25) is 5.02 Å². The predicted molar refractivity (Wildman–Crippen MR) is 130 cm³/mol. The molecule has 0 saturated heterocycles. The second kappa shape index (κ2) is 10.1. The number of para-hydroxylation sites is 1. The normalized spacial score (nSPS) is 11.0. The summed E-state index contributed by atoms with van der Waals surface area (Å²) in [5, 5.41) is 3.04. The van der Waals surface area contributed by atoms with Crippen LogP contribution in [-0.4, -0.2) is 45.8 Å². The highest BCUT2D eigenvalue weighted by Gasteiger charge is 2.23. The smallest absolute Gasteiger partial charge is 0.264 e. The number of sulfonamides is 1. The minimum atomic E-state index is -3.89. The largest absolute Gasteiger partial charge is 0.332 e. The number of carbonyl (C=O) groups excluding carboxylic acids is 2. The average Bonchev–Trinajstić information content (AvgIpc) is 2.80. The Hall–Kier alpha value is -3.36. The number of carbonyl (C=O) groups is 2. The van der Waals surface area contributed by atoms with Crippen molar-refractivity contribution in [2.75, 3.05) is 30.3 Å². The van der Waals surface area contributed by atoms with Gasteiger partial charge in [0.2, 0.25) is 5.91 Å². The van der Waals surface area contributed by atoms with Gasteiger partial charge in [-0.25, -0.2) is 8.42 Å². The fourth-order valence-electron chi connectivity index (χ4n) is 3.10. The van der Waals surface area contributed by atoms with Gasteiger partial charge in [0, 0.05) is 19.7 Å². The lowest BCUT2D eigenvalue weighted by Crippen LogP contribution is -2.35. The van der Waals surface area contributed by atoms with Gasteiger partial charge in [-0.1, -0.05) is 47.5 Å². The number of likely N-dealkylation sites (N-methyl/N-ethyl adjacent to an activating group) is 1. The number of nitrogens with zero attached hydrogens (tertiary/aromatic N) is 2. The minimum absolute atomic E-state index is 0.0228. The fourth-order valence-corrected chi connectivity index (χ4v) is 4.53. The topological polar surface area (TPSA) is 86.8 Å². The molecule has 0 fully saturated rings. The number of aryl methyl sites for hydroxylation is 1. The Labute approximate surface area is 198 Å². The van der Waals surface area contributed by atoms with Crippen molar-refractivity contribution in [1.29, 1.82) is 0 Å². The molecule has 1 N–H and O–H groups in total. The predicted octanol–water partition coefficient (Wildman–Crippen LogP) is 4.18. The molecule has 0 spiro atoms.